The Morgan fingerprint density at radius 3 is 2.83 bits per heavy atom. The lowest BCUT2D eigenvalue weighted by Crippen LogP contribution is -2.33. The summed E-state index contributed by atoms with van der Waals surface area (Å²) >= 11 is 1.68. The number of thiophene rings is 1. The normalized spacial score (nSPS) is 19.5. The van der Waals surface area contributed by atoms with Crippen molar-refractivity contribution in [3.63, 3.8) is 0 Å². The van der Waals surface area contributed by atoms with Crippen molar-refractivity contribution in [1.29, 1.82) is 0 Å². The second-order valence-corrected chi connectivity index (χ2v) is 7.30. The lowest BCUT2D eigenvalue weighted by molar-refractivity contribution is 0.0140. The topological polar surface area (TPSA) is 41.9 Å². The molecule has 1 aliphatic rings. The van der Waals surface area contributed by atoms with Gasteiger partial charge in [0.05, 0.1) is 26.4 Å². The molecule has 0 spiro atoms. The summed E-state index contributed by atoms with van der Waals surface area (Å²) in [5, 5.41) is 12.2. The van der Waals surface area contributed by atoms with Crippen LogP contribution in [0.25, 0.3) is 0 Å². The van der Waals surface area contributed by atoms with E-state index >= 15 is 0 Å². The minimum Gasteiger partial charge on any atom is -0.497 e. The standard InChI is InChI=1S/C19H25NO3S/c1-22-18-6-4-15(5-7-18)16-8-9-20(11-16)12-17(21)13-23-14-19-3-2-10-24-19/h2-7,10,16-17,21H,8-9,11-14H2,1H3. The van der Waals surface area contributed by atoms with Crippen LogP contribution < -0.4 is 4.74 Å². The number of β-amino-alcohol motifs (C(OH)–C–C–N with tert-alkyl or cyclic N) is 1. The third kappa shape index (κ3) is 4.80. The Labute approximate surface area is 147 Å². The van der Waals surface area contributed by atoms with E-state index in [0.717, 1.165) is 25.3 Å². The summed E-state index contributed by atoms with van der Waals surface area (Å²) in [4.78, 5) is 3.52. The lowest BCUT2D eigenvalue weighted by Gasteiger charge is -2.20. The van der Waals surface area contributed by atoms with Gasteiger partial charge in [0, 0.05) is 18.0 Å². The molecule has 3 rings (SSSR count). The predicted octanol–water partition coefficient (Wildman–Crippen LogP) is 3.12. The van der Waals surface area contributed by atoms with Gasteiger partial charge < -0.3 is 19.5 Å². The van der Waals surface area contributed by atoms with Crippen molar-refractivity contribution < 1.29 is 14.6 Å². The Morgan fingerprint density at radius 1 is 1.29 bits per heavy atom. The monoisotopic (exact) mass is 347 g/mol. The van der Waals surface area contributed by atoms with Crippen LogP contribution >= 0.6 is 11.3 Å². The first kappa shape index (κ1) is 17.4. The van der Waals surface area contributed by atoms with Gasteiger partial charge in [0.2, 0.25) is 0 Å². The van der Waals surface area contributed by atoms with Crippen LogP contribution in [0.1, 0.15) is 22.8 Å². The van der Waals surface area contributed by atoms with Gasteiger partial charge in [0.1, 0.15) is 5.75 Å². The number of hydrogen-bond donors (Lipinski definition) is 1. The van der Waals surface area contributed by atoms with Crippen LogP contribution in [0.5, 0.6) is 5.75 Å². The molecule has 2 unspecified atom stereocenters. The van der Waals surface area contributed by atoms with Crippen molar-refractivity contribution in [3.05, 3.63) is 52.2 Å². The molecule has 1 fully saturated rings. The number of aliphatic hydroxyl groups excluding tert-OH is 1. The summed E-state index contributed by atoms with van der Waals surface area (Å²) in [5.74, 6) is 1.43. The van der Waals surface area contributed by atoms with E-state index in [1.54, 1.807) is 18.4 Å². The van der Waals surface area contributed by atoms with E-state index in [2.05, 4.69) is 23.1 Å². The zero-order chi connectivity index (χ0) is 16.8. The number of methoxy groups -OCH3 is 1. The summed E-state index contributed by atoms with van der Waals surface area (Å²) in [6.45, 7) is 3.68. The summed E-state index contributed by atoms with van der Waals surface area (Å²) < 4.78 is 10.8. The highest BCUT2D eigenvalue weighted by Gasteiger charge is 2.25. The number of aliphatic hydroxyl groups is 1. The molecule has 1 aromatic carbocycles. The fourth-order valence-corrected chi connectivity index (χ4v) is 3.83. The van der Waals surface area contributed by atoms with Crippen LogP contribution in [0.2, 0.25) is 0 Å². The van der Waals surface area contributed by atoms with E-state index in [-0.39, 0.29) is 0 Å². The van der Waals surface area contributed by atoms with Crippen molar-refractivity contribution in [2.24, 2.45) is 0 Å². The quantitative estimate of drug-likeness (QED) is 0.797. The molecule has 0 saturated carbocycles. The third-order valence-electron chi connectivity index (χ3n) is 4.46. The van der Waals surface area contributed by atoms with Gasteiger partial charge in [-0.2, -0.15) is 0 Å². The Balaban J connectivity index is 1.40. The second kappa shape index (κ2) is 8.62. The van der Waals surface area contributed by atoms with Crippen molar-refractivity contribution in [2.75, 3.05) is 33.4 Å². The van der Waals surface area contributed by atoms with E-state index in [1.807, 2.05) is 23.6 Å². The van der Waals surface area contributed by atoms with Crippen molar-refractivity contribution in [1.82, 2.24) is 4.90 Å². The summed E-state index contributed by atoms with van der Waals surface area (Å²) in [7, 11) is 1.69. The molecule has 1 aromatic heterocycles. The highest BCUT2D eigenvalue weighted by molar-refractivity contribution is 7.09. The first-order chi connectivity index (χ1) is 11.7. The lowest BCUT2D eigenvalue weighted by atomic mass is 9.98. The zero-order valence-corrected chi connectivity index (χ0v) is 14.9. The highest BCUT2D eigenvalue weighted by Crippen LogP contribution is 2.28. The predicted molar refractivity (Wildman–Crippen MR) is 96.8 cm³/mol. The van der Waals surface area contributed by atoms with Crippen molar-refractivity contribution in [2.45, 2.75) is 25.0 Å². The maximum atomic E-state index is 10.2. The molecular weight excluding hydrogens is 322 g/mol. The van der Waals surface area contributed by atoms with Crippen LogP contribution in [0.3, 0.4) is 0 Å². The Hall–Kier alpha value is -1.40. The second-order valence-electron chi connectivity index (χ2n) is 6.27. The van der Waals surface area contributed by atoms with Gasteiger partial charge in [-0.15, -0.1) is 11.3 Å². The van der Waals surface area contributed by atoms with E-state index in [4.69, 9.17) is 9.47 Å². The Bertz CT molecular complexity index is 600. The van der Waals surface area contributed by atoms with E-state index in [1.165, 1.54) is 10.4 Å². The molecular formula is C19H25NO3S. The first-order valence-corrected chi connectivity index (χ1v) is 9.27. The molecule has 1 N–H and O–H groups in total. The smallest absolute Gasteiger partial charge is 0.118 e. The van der Waals surface area contributed by atoms with Gasteiger partial charge in [-0.3, -0.25) is 0 Å². The minimum absolute atomic E-state index is 0.390. The van der Waals surface area contributed by atoms with Crippen molar-refractivity contribution >= 4 is 11.3 Å². The minimum atomic E-state index is -0.431. The van der Waals surface area contributed by atoms with Gasteiger partial charge in [-0.05, 0) is 48.0 Å². The van der Waals surface area contributed by atoms with E-state index < -0.39 is 6.10 Å². The fourth-order valence-electron chi connectivity index (χ4n) is 3.19. The molecule has 2 atom stereocenters. The molecule has 4 nitrogen and oxygen atoms in total. The van der Waals surface area contributed by atoms with Crippen molar-refractivity contribution in [3.8, 4) is 5.75 Å². The molecule has 2 aromatic rings. The number of ether oxygens (including phenoxy) is 2. The molecule has 130 valence electrons. The van der Waals surface area contributed by atoms with Crippen LogP contribution in [0.4, 0.5) is 0 Å². The maximum absolute atomic E-state index is 10.2. The Kier molecular flexibility index (Phi) is 6.26. The average Bonchev–Trinajstić information content (AvgIpc) is 3.27. The van der Waals surface area contributed by atoms with E-state index in [9.17, 15) is 5.11 Å². The summed E-state index contributed by atoms with van der Waals surface area (Å²) in [6.07, 6.45) is 0.703. The molecule has 0 aliphatic carbocycles. The van der Waals surface area contributed by atoms with Crippen LogP contribution in [0, 0.1) is 0 Å². The molecule has 0 radical (unpaired) electrons. The number of nitrogens with zero attached hydrogens (tertiary/aromatic N) is 1. The SMILES string of the molecule is COc1ccc(C2CCN(CC(O)COCc3cccs3)C2)cc1. The largest absolute Gasteiger partial charge is 0.497 e. The third-order valence-corrected chi connectivity index (χ3v) is 5.31. The number of likely N-dealkylation sites (tertiary alicyclic amines) is 1. The summed E-state index contributed by atoms with van der Waals surface area (Å²) in [6, 6.07) is 12.4. The van der Waals surface area contributed by atoms with Gasteiger partial charge >= 0.3 is 0 Å². The number of rotatable bonds is 8. The van der Waals surface area contributed by atoms with Gasteiger partial charge in [-0.1, -0.05) is 18.2 Å². The van der Waals surface area contributed by atoms with Gasteiger partial charge in [0.15, 0.2) is 0 Å². The fraction of sp³-hybridized carbons (Fsp3) is 0.474. The molecule has 24 heavy (non-hydrogen) atoms. The van der Waals surface area contributed by atoms with Crippen LogP contribution in [-0.4, -0.2) is 49.5 Å². The van der Waals surface area contributed by atoms with E-state index in [0.29, 0.717) is 25.7 Å². The zero-order valence-electron chi connectivity index (χ0n) is 14.1. The van der Waals surface area contributed by atoms with Gasteiger partial charge in [-0.25, -0.2) is 0 Å². The number of hydrogen-bond acceptors (Lipinski definition) is 5. The van der Waals surface area contributed by atoms with Crippen LogP contribution in [0.15, 0.2) is 41.8 Å². The molecule has 1 aliphatic heterocycles. The molecule has 2 heterocycles. The molecule has 0 amide bonds. The molecule has 5 heteroatoms. The van der Waals surface area contributed by atoms with Gasteiger partial charge in [0.25, 0.3) is 0 Å². The summed E-state index contributed by atoms with van der Waals surface area (Å²) in [5.41, 5.74) is 1.35. The molecule has 1 saturated heterocycles. The molecule has 0 bridgehead atoms. The highest BCUT2D eigenvalue weighted by atomic mass is 32.1. The maximum Gasteiger partial charge on any atom is 0.118 e. The van der Waals surface area contributed by atoms with Crippen LogP contribution in [-0.2, 0) is 11.3 Å². The average molecular weight is 347 g/mol. The first-order valence-electron chi connectivity index (χ1n) is 8.39. The Morgan fingerprint density at radius 2 is 2.12 bits per heavy atom. The number of benzene rings is 1.